The molecule has 6 heteroatoms. The molecule has 2 aromatic rings. The molecule has 0 radical (unpaired) electrons. The van der Waals surface area contributed by atoms with Gasteiger partial charge in [0, 0.05) is 24.2 Å². The summed E-state index contributed by atoms with van der Waals surface area (Å²) < 4.78 is 10.8. The largest absolute Gasteiger partial charge is 0.497 e. The van der Waals surface area contributed by atoms with Crippen molar-refractivity contribution < 1.29 is 14.3 Å². The maximum absolute atomic E-state index is 12.4. The molecule has 144 valence electrons. The van der Waals surface area contributed by atoms with Crippen LogP contribution in [0, 0.1) is 5.92 Å². The molecule has 2 heterocycles. The van der Waals surface area contributed by atoms with E-state index >= 15 is 0 Å². The van der Waals surface area contributed by atoms with Gasteiger partial charge in [-0.3, -0.25) is 14.7 Å². The smallest absolute Gasteiger partial charge is 0.223 e. The Kier molecular flexibility index (Phi) is 6.65. The van der Waals surface area contributed by atoms with E-state index in [2.05, 4.69) is 15.2 Å². The van der Waals surface area contributed by atoms with Gasteiger partial charge >= 0.3 is 0 Å². The first-order valence-corrected chi connectivity index (χ1v) is 9.30. The van der Waals surface area contributed by atoms with Gasteiger partial charge in [0.05, 0.1) is 26.5 Å². The zero-order chi connectivity index (χ0) is 19.1. The Labute approximate surface area is 160 Å². The lowest BCUT2D eigenvalue weighted by molar-refractivity contribution is -0.126. The number of methoxy groups -OCH3 is 2. The van der Waals surface area contributed by atoms with E-state index in [0.29, 0.717) is 6.54 Å². The van der Waals surface area contributed by atoms with Crippen molar-refractivity contribution in [1.29, 1.82) is 0 Å². The summed E-state index contributed by atoms with van der Waals surface area (Å²) in [7, 11) is 3.35. The van der Waals surface area contributed by atoms with Crippen molar-refractivity contribution in [3.05, 3.63) is 53.9 Å². The standard InChI is InChI=1S/C21H27N3O3/c1-26-19-6-7-20(27-2)17(13-19)15-24-11-8-16(9-12-24)21(25)23-14-18-5-3-4-10-22-18/h3-7,10,13,16H,8-9,11-12,14-15H2,1-2H3,(H,23,25). The summed E-state index contributed by atoms with van der Waals surface area (Å²) in [4.78, 5) is 19.0. The van der Waals surface area contributed by atoms with Crippen LogP contribution in [0.4, 0.5) is 0 Å². The molecule has 1 aliphatic rings. The number of piperidine rings is 1. The highest BCUT2D eigenvalue weighted by Crippen LogP contribution is 2.27. The normalized spacial score (nSPS) is 15.3. The Hall–Kier alpha value is -2.60. The van der Waals surface area contributed by atoms with Crippen LogP contribution in [0.2, 0.25) is 0 Å². The second kappa shape index (κ2) is 9.37. The van der Waals surface area contributed by atoms with Gasteiger partial charge in [-0.05, 0) is 56.3 Å². The monoisotopic (exact) mass is 369 g/mol. The molecule has 0 bridgehead atoms. The Morgan fingerprint density at radius 3 is 2.67 bits per heavy atom. The molecule has 1 fully saturated rings. The third-order valence-electron chi connectivity index (χ3n) is 5.01. The number of hydrogen-bond donors (Lipinski definition) is 1. The lowest BCUT2D eigenvalue weighted by Gasteiger charge is -2.31. The topological polar surface area (TPSA) is 63.7 Å². The minimum atomic E-state index is 0.0668. The molecule has 6 nitrogen and oxygen atoms in total. The van der Waals surface area contributed by atoms with Gasteiger partial charge in [0.15, 0.2) is 0 Å². The quantitative estimate of drug-likeness (QED) is 0.813. The van der Waals surface area contributed by atoms with E-state index in [4.69, 9.17) is 9.47 Å². The number of likely N-dealkylation sites (tertiary alicyclic amines) is 1. The van der Waals surface area contributed by atoms with E-state index in [0.717, 1.165) is 55.2 Å². The summed E-state index contributed by atoms with van der Waals surface area (Å²) in [6.07, 6.45) is 3.47. The van der Waals surface area contributed by atoms with Crippen molar-refractivity contribution in [3.8, 4) is 11.5 Å². The Morgan fingerprint density at radius 1 is 1.19 bits per heavy atom. The van der Waals surface area contributed by atoms with Gasteiger partial charge < -0.3 is 14.8 Å². The number of carbonyl (C=O) groups excluding carboxylic acids is 1. The summed E-state index contributed by atoms with van der Waals surface area (Å²) in [5.74, 6) is 1.89. The van der Waals surface area contributed by atoms with Crippen molar-refractivity contribution in [3.63, 3.8) is 0 Å². The predicted octanol–water partition coefficient (Wildman–Crippen LogP) is 2.63. The maximum Gasteiger partial charge on any atom is 0.223 e. The average Bonchev–Trinajstić information content (AvgIpc) is 2.73. The molecule has 27 heavy (non-hydrogen) atoms. The zero-order valence-electron chi connectivity index (χ0n) is 16.0. The molecule has 1 aromatic heterocycles. The highest BCUT2D eigenvalue weighted by molar-refractivity contribution is 5.78. The molecular weight excluding hydrogens is 342 g/mol. The first-order valence-electron chi connectivity index (χ1n) is 9.30. The summed E-state index contributed by atoms with van der Waals surface area (Å²) in [6, 6.07) is 11.6. The van der Waals surface area contributed by atoms with E-state index in [1.54, 1.807) is 20.4 Å². The number of benzene rings is 1. The van der Waals surface area contributed by atoms with Crippen LogP contribution in [-0.2, 0) is 17.9 Å². The fourth-order valence-corrected chi connectivity index (χ4v) is 3.42. The molecule has 0 spiro atoms. The molecule has 0 unspecified atom stereocenters. The number of hydrogen-bond acceptors (Lipinski definition) is 5. The second-order valence-corrected chi connectivity index (χ2v) is 6.77. The molecule has 0 atom stereocenters. The summed E-state index contributed by atoms with van der Waals surface area (Å²) in [6.45, 7) is 3.06. The van der Waals surface area contributed by atoms with Crippen LogP contribution in [0.5, 0.6) is 11.5 Å². The maximum atomic E-state index is 12.4. The molecule has 3 rings (SSSR count). The molecule has 1 N–H and O–H groups in total. The van der Waals surface area contributed by atoms with E-state index in [-0.39, 0.29) is 11.8 Å². The van der Waals surface area contributed by atoms with Crippen LogP contribution in [0.25, 0.3) is 0 Å². The number of nitrogens with one attached hydrogen (secondary N) is 1. The number of pyridine rings is 1. The summed E-state index contributed by atoms with van der Waals surface area (Å²) in [5, 5.41) is 3.01. The fourth-order valence-electron chi connectivity index (χ4n) is 3.42. The van der Waals surface area contributed by atoms with Gasteiger partial charge in [-0.2, -0.15) is 0 Å². The van der Waals surface area contributed by atoms with Crippen LogP contribution in [0.1, 0.15) is 24.1 Å². The second-order valence-electron chi connectivity index (χ2n) is 6.77. The highest BCUT2D eigenvalue weighted by Gasteiger charge is 2.25. The van der Waals surface area contributed by atoms with Crippen LogP contribution in [0.15, 0.2) is 42.6 Å². The number of amides is 1. The van der Waals surface area contributed by atoms with Gasteiger partial charge in [-0.25, -0.2) is 0 Å². The number of aromatic nitrogens is 1. The predicted molar refractivity (Wildman–Crippen MR) is 104 cm³/mol. The van der Waals surface area contributed by atoms with Crippen LogP contribution in [0.3, 0.4) is 0 Å². The number of rotatable bonds is 7. The van der Waals surface area contributed by atoms with E-state index in [1.807, 2.05) is 36.4 Å². The van der Waals surface area contributed by atoms with E-state index in [9.17, 15) is 4.79 Å². The molecule has 1 aliphatic heterocycles. The van der Waals surface area contributed by atoms with E-state index in [1.165, 1.54) is 0 Å². The molecule has 0 saturated carbocycles. The number of carbonyl (C=O) groups is 1. The summed E-state index contributed by atoms with van der Waals surface area (Å²) >= 11 is 0. The Bertz CT molecular complexity index is 744. The Balaban J connectivity index is 1.49. The van der Waals surface area contributed by atoms with Crippen molar-refractivity contribution in [2.45, 2.75) is 25.9 Å². The third kappa shape index (κ3) is 5.20. The van der Waals surface area contributed by atoms with Crippen molar-refractivity contribution in [2.75, 3.05) is 27.3 Å². The van der Waals surface area contributed by atoms with Crippen LogP contribution < -0.4 is 14.8 Å². The zero-order valence-corrected chi connectivity index (χ0v) is 16.0. The number of ether oxygens (including phenoxy) is 2. The van der Waals surface area contributed by atoms with Gasteiger partial charge in [0.1, 0.15) is 11.5 Å². The van der Waals surface area contributed by atoms with Gasteiger partial charge in [0.25, 0.3) is 0 Å². The minimum Gasteiger partial charge on any atom is -0.497 e. The van der Waals surface area contributed by atoms with Gasteiger partial charge in [-0.15, -0.1) is 0 Å². The number of nitrogens with zero attached hydrogens (tertiary/aromatic N) is 2. The van der Waals surface area contributed by atoms with Crippen LogP contribution >= 0.6 is 0 Å². The third-order valence-corrected chi connectivity index (χ3v) is 5.01. The minimum absolute atomic E-state index is 0.0668. The summed E-state index contributed by atoms with van der Waals surface area (Å²) in [5.41, 5.74) is 1.99. The lowest BCUT2D eigenvalue weighted by Crippen LogP contribution is -2.40. The fraction of sp³-hybridized carbons (Fsp3) is 0.429. The van der Waals surface area contributed by atoms with Crippen LogP contribution in [-0.4, -0.2) is 43.1 Å². The molecule has 0 aliphatic carbocycles. The first kappa shape index (κ1) is 19.2. The lowest BCUT2D eigenvalue weighted by atomic mass is 9.95. The SMILES string of the molecule is COc1ccc(OC)c(CN2CCC(C(=O)NCc3ccccn3)CC2)c1. The Morgan fingerprint density at radius 2 is 2.00 bits per heavy atom. The van der Waals surface area contributed by atoms with E-state index < -0.39 is 0 Å². The van der Waals surface area contributed by atoms with Gasteiger partial charge in [-0.1, -0.05) is 6.07 Å². The first-order chi connectivity index (χ1) is 13.2. The van der Waals surface area contributed by atoms with Crippen molar-refractivity contribution >= 4 is 5.91 Å². The molecular formula is C21H27N3O3. The molecule has 1 saturated heterocycles. The molecule has 1 aromatic carbocycles. The highest BCUT2D eigenvalue weighted by atomic mass is 16.5. The molecule has 1 amide bonds. The average molecular weight is 369 g/mol. The van der Waals surface area contributed by atoms with Gasteiger partial charge in [0.2, 0.25) is 5.91 Å². The van der Waals surface area contributed by atoms with Crippen molar-refractivity contribution in [1.82, 2.24) is 15.2 Å². The van der Waals surface area contributed by atoms with Crippen molar-refractivity contribution in [2.24, 2.45) is 5.92 Å².